The number of carbonyl (C=O) groups is 1. The van der Waals surface area contributed by atoms with Crippen molar-refractivity contribution in [1.29, 1.82) is 0 Å². The number of amides is 1. The summed E-state index contributed by atoms with van der Waals surface area (Å²) in [6.45, 7) is 1.83. The lowest BCUT2D eigenvalue weighted by Crippen LogP contribution is -2.08. The number of nitrogens with one attached hydrogen (secondary N) is 1. The van der Waals surface area contributed by atoms with Crippen molar-refractivity contribution in [1.82, 2.24) is 9.78 Å². The third-order valence-corrected chi connectivity index (χ3v) is 2.22. The lowest BCUT2D eigenvalue weighted by molar-refractivity contribution is -0.115. The van der Waals surface area contributed by atoms with Gasteiger partial charge in [0.25, 0.3) is 0 Å². The van der Waals surface area contributed by atoms with Crippen molar-refractivity contribution >= 4 is 22.5 Å². The van der Waals surface area contributed by atoms with Gasteiger partial charge >= 0.3 is 0 Å². The van der Waals surface area contributed by atoms with Gasteiger partial charge in [-0.25, -0.2) is 0 Å². The maximum Gasteiger partial charge on any atom is 0.224 e. The first-order valence-corrected chi connectivity index (χ1v) is 4.92. The number of nitrogens with zero attached hydrogens (tertiary/aromatic N) is 2. The minimum atomic E-state index is 0.0261. The number of benzene rings is 1. The van der Waals surface area contributed by atoms with Crippen LogP contribution >= 0.6 is 0 Å². The number of anilines is 1. The molecule has 0 saturated heterocycles. The first-order chi connectivity index (χ1) is 7.19. The molecule has 1 amide bonds. The zero-order chi connectivity index (χ0) is 10.8. The molecule has 4 nitrogen and oxygen atoms in total. The Morgan fingerprint density at radius 1 is 1.53 bits per heavy atom. The number of hydrogen-bond acceptors (Lipinski definition) is 2. The second-order valence-electron chi connectivity index (χ2n) is 3.48. The molecular formula is C11H13N3O. The Labute approximate surface area is 87.9 Å². The van der Waals surface area contributed by atoms with E-state index >= 15 is 0 Å². The van der Waals surface area contributed by atoms with Crippen LogP contribution < -0.4 is 5.32 Å². The summed E-state index contributed by atoms with van der Waals surface area (Å²) in [5, 5.41) is 8.11. The number of rotatable bonds is 2. The number of aryl methyl sites for hydroxylation is 1. The Hall–Kier alpha value is -1.84. The fourth-order valence-corrected chi connectivity index (χ4v) is 1.48. The molecule has 0 aliphatic rings. The molecular weight excluding hydrogens is 190 g/mol. The standard InChI is InChI=1S/C11H13N3O/c1-3-11(15)12-9-4-5-10-8(6-9)7-14(2)13-10/h4-7H,3H2,1-2H3,(H,12,15). The minimum absolute atomic E-state index is 0.0261. The summed E-state index contributed by atoms with van der Waals surface area (Å²) in [7, 11) is 1.88. The summed E-state index contributed by atoms with van der Waals surface area (Å²) in [5.74, 6) is 0.0261. The van der Waals surface area contributed by atoms with Gasteiger partial charge in [0, 0.05) is 30.7 Å². The molecule has 1 aromatic carbocycles. The zero-order valence-electron chi connectivity index (χ0n) is 8.82. The predicted octanol–water partition coefficient (Wildman–Crippen LogP) is 1.92. The molecule has 2 aromatic rings. The van der Waals surface area contributed by atoms with Gasteiger partial charge in [0.05, 0.1) is 5.52 Å². The van der Waals surface area contributed by atoms with E-state index in [0.29, 0.717) is 6.42 Å². The van der Waals surface area contributed by atoms with Crippen LogP contribution in [0.3, 0.4) is 0 Å². The summed E-state index contributed by atoms with van der Waals surface area (Å²) in [4.78, 5) is 11.2. The molecule has 0 aliphatic carbocycles. The summed E-state index contributed by atoms with van der Waals surface area (Å²) >= 11 is 0. The van der Waals surface area contributed by atoms with Gasteiger partial charge in [0.2, 0.25) is 5.91 Å². The Balaban J connectivity index is 2.33. The van der Waals surface area contributed by atoms with Crippen LogP contribution in [-0.2, 0) is 11.8 Å². The average molecular weight is 203 g/mol. The number of hydrogen-bond donors (Lipinski definition) is 1. The van der Waals surface area contributed by atoms with Crippen molar-refractivity contribution in [2.24, 2.45) is 7.05 Å². The molecule has 0 atom stereocenters. The van der Waals surface area contributed by atoms with Crippen LogP contribution in [0.15, 0.2) is 24.4 Å². The van der Waals surface area contributed by atoms with Crippen molar-refractivity contribution in [3.05, 3.63) is 24.4 Å². The highest BCUT2D eigenvalue weighted by molar-refractivity contribution is 5.93. The van der Waals surface area contributed by atoms with Crippen LogP contribution in [0.4, 0.5) is 5.69 Å². The first kappa shape index (κ1) is 9.71. The maximum atomic E-state index is 11.2. The van der Waals surface area contributed by atoms with E-state index < -0.39 is 0 Å². The normalized spacial score (nSPS) is 10.5. The third kappa shape index (κ3) is 1.98. The van der Waals surface area contributed by atoms with Crippen LogP contribution in [0.25, 0.3) is 10.9 Å². The van der Waals surface area contributed by atoms with Crippen LogP contribution in [-0.4, -0.2) is 15.7 Å². The molecule has 0 aliphatic heterocycles. The van der Waals surface area contributed by atoms with E-state index in [9.17, 15) is 4.79 Å². The maximum absolute atomic E-state index is 11.2. The number of carbonyl (C=O) groups excluding carboxylic acids is 1. The van der Waals surface area contributed by atoms with Crippen molar-refractivity contribution in [2.75, 3.05) is 5.32 Å². The van der Waals surface area contributed by atoms with E-state index in [4.69, 9.17) is 0 Å². The van der Waals surface area contributed by atoms with E-state index in [0.717, 1.165) is 16.6 Å². The van der Waals surface area contributed by atoms with Crippen molar-refractivity contribution in [3.8, 4) is 0 Å². The van der Waals surface area contributed by atoms with Gasteiger partial charge in [0.1, 0.15) is 0 Å². The van der Waals surface area contributed by atoms with Gasteiger partial charge in [-0.3, -0.25) is 9.48 Å². The third-order valence-electron chi connectivity index (χ3n) is 2.22. The zero-order valence-corrected chi connectivity index (χ0v) is 8.82. The van der Waals surface area contributed by atoms with E-state index in [2.05, 4.69) is 10.4 Å². The molecule has 0 bridgehead atoms. The lowest BCUT2D eigenvalue weighted by Gasteiger charge is -2.02. The van der Waals surface area contributed by atoms with Crippen molar-refractivity contribution in [2.45, 2.75) is 13.3 Å². The second kappa shape index (κ2) is 3.73. The molecule has 0 fully saturated rings. The first-order valence-electron chi connectivity index (χ1n) is 4.92. The Bertz CT molecular complexity index is 502. The van der Waals surface area contributed by atoms with Gasteiger partial charge in [-0.1, -0.05) is 6.92 Å². The molecule has 78 valence electrons. The molecule has 0 unspecified atom stereocenters. The predicted molar refractivity (Wildman–Crippen MR) is 59.6 cm³/mol. The minimum Gasteiger partial charge on any atom is -0.326 e. The number of fused-ring (bicyclic) bond motifs is 1. The largest absolute Gasteiger partial charge is 0.326 e. The molecule has 1 heterocycles. The van der Waals surface area contributed by atoms with E-state index in [1.165, 1.54) is 0 Å². The van der Waals surface area contributed by atoms with Gasteiger partial charge in [0.15, 0.2) is 0 Å². The van der Waals surface area contributed by atoms with Crippen LogP contribution in [0.5, 0.6) is 0 Å². The number of aromatic nitrogens is 2. The summed E-state index contributed by atoms with van der Waals surface area (Å²) in [6.07, 6.45) is 2.42. The topological polar surface area (TPSA) is 46.9 Å². The molecule has 0 saturated carbocycles. The highest BCUT2D eigenvalue weighted by Gasteiger charge is 2.02. The monoisotopic (exact) mass is 203 g/mol. The van der Waals surface area contributed by atoms with E-state index in [1.807, 2.05) is 38.4 Å². The van der Waals surface area contributed by atoms with Crippen LogP contribution in [0.1, 0.15) is 13.3 Å². The SMILES string of the molecule is CCC(=O)Nc1ccc2nn(C)cc2c1. The highest BCUT2D eigenvalue weighted by Crippen LogP contribution is 2.17. The molecule has 15 heavy (non-hydrogen) atoms. The quantitative estimate of drug-likeness (QED) is 0.810. The summed E-state index contributed by atoms with van der Waals surface area (Å²) < 4.78 is 1.76. The van der Waals surface area contributed by atoms with Crippen LogP contribution in [0, 0.1) is 0 Å². The molecule has 0 radical (unpaired) electrons. The molecule has 4 heteroatoms. The van der Waals surface area contributed by atoms with E-state index in [1.54, 1.807) is 4.68 Å². The van der Waals surface area contributed by atoms with E-state index in [-0.39, 0.29) is 5.91 Å². The van der Waals surface area contributed by atoms with Crippen molar-refractivity contribution < 1.29 is 4.79 Å². The molecule has 1 aromatic heterocycles. The average Bonchev–Trinajstić information content (AvgIpc) is 2.57. The summed E-state index contributed by atoms with van der Waals surface area (Å²) in [5.41, 5.74) is 1.76. The molecule has 1 N–H and O–H groups in total. The van der Waals surface area contributed by atoms with Gasteiger partial charge < -0.3 is 5.32 Å². The smallest absolute Gasteiger partial charge is 0.224 e. The Kier molecular flexibility index (Phi) is 2.41. The molecule has 2 rings (SSSR count). The molecule has 0 spiro atoms. The van der Waals surface area contributed by atoms with Gasteiger partial charge in [-0.2, -0.15) is 5.10 Å². The fraction of sp³-hybridized carbons (Fsp3) is 0.273. The highest BCUT2D eigenvalue weighted by atomic mass is 16.1. The van der Waals surface area contributed by atoms with Crippen LogP contribution in [0.2, 0.25) is 0 Å². The second-order valence-corrected chi connectivity index (χ2v) is 3.48. The van der Waals surface area contributed by atoms with Gasteiger partial charge in [-0.15, -0.1) is 0 Å². The fourth-order valence-electron chi connectivity index (χ4n) is 1.48. The van der Waals surface area contributed by atoms with Gasteiger partial charge in [-0.05, 0) is 18.2 Å². The summed E-state index contributed by atoms with van der Waals surface area (Å²) in [6, 6.07) is 5.69. The Morgan fingerprint density at radius 2 is 2.33 bits per heavy atom. The van der Waals surface area contributed by atoms with Crippen molar-refractivity contribution in [3.63, 3.8) is 0 Å². The Morgan fingerprint density at radius 3 is 3.07 bits per heavy atom. The lowest BCUT2D eigenvalue weighted by atomic mass is 10.2.